The van der Waals surface area contributed by atoms with Crippen LogP contribution in [0.25, 0.3) is 0 Å². The van der Waals surface area contributed by atoms with E-state index >= 15 is 0 Å². The lowest BCUT2D eigenvalue weighted by atomic mass is 10.1. The molecule has 3 heterocycles. The molecule has 0 bridgehead atoms. The highest BCUT2D eigenvalue weighted by Gasteiger charge is 2.27. The van der Waals surface area contributed by atoms with E-state index in [-0.39, 0.29) is 23.9 Å². The van der Waals surface area contributed by atoms with Gasteiger partial charge in [0.15, 0.2) is 0 Å². The van der Waals surface area contributed by atoms with Crippen LogP contribution in [0, 0.1) is 0 Å². The highest BCUT2D eigenvalue weighted by atomic mass is 32.1. The van der Waals surface area contributed by atoms with Crippen LogP contribution in [0.2, 0.25) is 0 Å². The second-order valence-corrected chi connectivity index (χ2v) is 11.7. The number of methoxy groups -OCH3 is 1. The van der Waals surface area contributed by atoms with Crippen molar-refractivity contribution in [3.63, 3.8) is 0 Å². The molecule has 12 nitrogen and oxygen atoms in total. The Bertz CT molecular complexity index is 1510. The first kappa shape index (κ1) is 31.8. The Morgan fingerprint density at radius 3 is 2.42 bits per heavy atom. The molecule has 0 radical (unpaired) electrons. The number of hydrogen-bond acceptors (Lipinski definition) is 8. The Morgan fingerprint density at radius 1 is 0.911 bits per heavy atom. The number of urea groups is 1. The summed E-state index contributed by atoms with van der Waals surface area (Å²) in [5.41, 5.74) is 1.79. The van der Waals surface area contributed by atoms with E-state index in [9.17, 15) is 24.3 Å². The van der Waals surface area contributed by atoms with E-state index in [0.29, 0.717) is 75.2 Å². The van der Waals surface area contributed by atoms with Gasteiger partial charge in [-0.15, -0.1) is 11.3 Å². The summed E-state index contributed by atoms with van der Waals surface area (Å²) in [5.74, 6) is -1.34. The molecule has 2 aliphatic heterocycles. The zero-order valence-corrected chi connectivity index (χ0v) is 25.9. The van der Waals surface area contributed by atoms with E-state index in [4.69, 9.17) is 9.47 Å². The predicted molar refractivity (Wildman–Crippen MR) is 170 cm³/mol. The van der Waals surface area contributed by atoms with Crippen molar-refractivity contribution in [2.24, 2.45) is 0 Å². The van der Waals surface area contributed by atoms with Crippen LogP contribution in [0.3, 0.4) is 0 Å². The van der Waals surface area contributed by atoms with Crippen molar-refractivity contribution in [1.29, 1.82) is 0 Å². The standard InChI is InChI=1S/C32H37N5O7S/c1-43-24-6-2-5-22(19-24)30(40)33-25-20-23(31(41)34-26(21-29(38)39)28-7-3-18-45-28)8-9-27(25)35-10-4-11-36(13-12-35)32(42)37-14-16-44-17-15-37/h2-3,5-9,18-20,26H,4,10-17,21H2,1H3,(H,33,40)(H,34,41)(H,38,39). The van der Waals surface area contributed by atoms with E-state index in [2.05, 4.69) is 15.5 Å². The summed E-state index contributed by atoms with van der Waals surface area (Å²) in [6.07, 6.45) is 0.455. The quantitative estimate of drug-likeness (QED) is 0.322. The lowest BCUT2D eigenvalue weighted by Crippen LogP contribution is -2.49. The van der Waals surface area contributed by atoms with Gasteiger partial charge < -0.3 is 39.9 Å². The molecule has 2 saturated heterocycles. The SMILES string of the molecule is COc1cccc(C(=O)Nc2cc(C(=O)NC(CC(=O)O)c3cccs3)ccc2N2CCCN(C(=O)N3CCOCC3)CC2)c1. The Kier molecular flexibility index (Phi) is 10.5. The van der Waals surface area contributed by atoms with Crippen molar-refractivity contribution < 1.29 is 33.8 Å². The molecule has 238 valence electrons. The zero-order chi connectivity index (χ0) is 31.8. The fourth-order valence-corrected chi connectivity index (χ4v) is 6.22. The van der Waals surface area contributed by atoms with Crippen LogP contribution >= 0.6 is 11.3 Å². The molecule has 2 fully saturated rings. The maximum Gasteiger partial charge on any atom is 0.320 e. The molecule has 0 saturated carbocycles. The maximum absolute atomic E-state index is 13.4. The van der Waals surface area contributed by atoms with Gasteiger partial charge in [-0.1, -0.05) is 12.1 Å². The minimum absolute atomic E-state index is 0.000348. The molecular weight excluding hydrogens is 598 g/mol. The number of amides is 4. The molecule has 0 spiro atoms. The number of aliphatic carboxylic acids is 1. The molecule has 4 amide bonds. The number of thiophene rings is 1. The van der Waals surface area contributed by atoms with Crippen LogP contribution in [0.4, 0.5) is 16.2 Å². The number of ether oxygens (including phenoxy) is 2. The van der Waals surface area contributed by atoms with Crippen LogP contribution in [0.15, 0.2) is 60.0 Å². The number of carboxylic acids is 1. The number of rotatable bonds is 9. The number of nitrogens with one attached hydrogen (secondary N) is 2. The Labute approximate surface area is 265 Å². The number of carboxylic acid groups (broad SMARTS) is 1. The second kappa shape index (κ2) is 14.9. The van der Waals surface area contributed by atoms with Crippen LogP contribution in [0.5, 0.6) is 5.75 Å². The molecule has 1 aromatic heterocycles. The third-order valence-corrected chi connectivity index (χ3v) is 8.78. The first-order valence-electron chi connectivity index (χ1n) is 14.8. The number of carbonyl (C=O) groups excluding carboxylic acids is 3. The number of morpholine rings is 1. The first-order valence-corrected chi connectivity index (χ1v) is 15.7. The number of benzene rings is 2. The molecule has 1 atom stereocenters. The molecule has 3 aromatic rings. The Balaban J connectivity index is 1.39. The largest absolute Gasteiger partial charge is 0.497 e. The van der Waals surface area contributed by atoms with Crippen LogP contribution in [-0.2, 0) is 9.53 Å². The first-order chi connectivity index (χ1) is 21.8. The molecular formula is C32H37N5O7S. The molecule has 2 aromatic carbocycles. The van der Waals surface area contributed by atoms with Gasteiger partial charge in [-0.2, -0.15) is 0 Å². The lowest BCUT2D eigenvalue weighted by Gasteiger charge is -2.32. The molecule has 45 heavy (non-hydrogen) atoms. The number of carbonyl (C=O) groups is 4. The number of anilines is 2. The molecule has 2 aliphatic rings. The Morgan fingerprint density at radius 2 is 1.69 bits per heavy atom. The van der Waals surface area contributed by atoms with E-state index in [1.54, 1.807) is 54.6 Å². The van der Waals surface area contributed by atoms with Gasteiger partial charge in [-0.25, -0.2) is 4.79 Å². The maximum atomic E-state index is 13.4. The fourth-order valence-electron chi connectivity index (χ4n) is 5.44. The summed E-state index contributed by atoms with van der Waals surface area (Å²) in [6.45, 7) is 4.48. The normalized spacial score (nSPS) is 16.0. The van der Waals surface area contributed by atoms with E-state index in [1.165, 1.54) is 18.4 Å². The van der Waals surface area contributed by atoms with Crippen LogP contribution < -0.4 is 20.3 Å². The minimum atomic E-state index is -1.03. The molecule has 3 N–H and O–H groups in total. The fraction of sp³-hybridized carbons (Fsp3) is 0.375. The Hall–Kier alpha value is -4.62. The summed E-state index contributed by atoms with van der Waals surface area (Å²) in [5, 5.41) is 17.1. The molecule has 1 unspecified atom stereocenters. The summed E-state index contributed by atoms with van der Waals surface area (Å²) < 4.78 is 10.7. The van der Waals surface area contributed by atoms with Crippen molar-refractivity contribution in [2.45, 2.75) is 18.9 Å². The van der Waals surface area contributed by atoms with Crippen molar-refractivity contribution in [3.05, 3.63) is 76.0 Å². The minimum Gasteiger partial charge on any atom is -0.497 e. The van der Waals surface area contributed by atoms with Crippen LogP contribution in [0.1, 0.15) is 44.5 Å². The van der Waals surface area contributed by atoms with Gasteiger partial charge in [0.05, 0.1) is 44.2 Å². The van der Waals surface area contributed by atoms with Crippen molar-refractivity contribution in [2.75, 3.05) is 69.8 Å². The van der Waals surface area contributed by atoms with E-state index in [0.717, 1.165) is 11.3 Å². The number of hydrogen-bond donors (Lipinski definition) is 3. The summed E-state index contributed by atoms with van der Waals surface area (Å²) in [4.78, 5) is 58.1. The van der Waals surface area contributed by atoms with E-state index < -0.39 is 17.9 Å². The summed E-state index contributed by atoms with van der Waals surface area (Å²) in [6, 6.07) is 14.7. The van der Waals surface area contributed by atoms with Gasteiger partial charge in [-0.05, 0) is 54.3 Å². The van der Waals surface area contributed by atoms with Crippen LogP contribution in [-0.4, -0.2) is 98.3 Å². The summed E-state index contributed by atoms with van der Waals surface area (Å²) in [7, 11) is 1.53. The van der Waals surface area contributed by atoms with Gasteiger partial charge >= 0.3 is 12.0 Å². The third kappa shape index (κ3) is 8.11. The van der Waals surface area contributed by atoms with Gasteiger partial charge in [0.25, 0.3) is 11.8 Å². The molecule has 13 heteroatoms. The summed E-state index contributed by atoms with van der Waals surface area (Å²) >= 11 is 1.37. The molecule has 0 aliphatic carbocycles. The van der Waals surface area contributed by atoms with Crippen molar-refractivity contribution >= 4 is 46.5 Å². The highest BCUT2D eigenvalue weighted by molar-refractivity contribution is 7.10. The van der Waals surface area contributed by atoms with E-state index in [1.807, 2.05) is 15.2 Å². The second-order valence-electron chi connectivity index (χ2n) is 10.8. The molecule has 5 rings (SSSR count). The average Bonchev–Trinajstić information content (AvgIpc) is 3.49. The number of nitrogens with zero attached hydrogens (tertiary/aromatic N) is 3. The topological polar surface area (TPSA) is 141 Å². The van der Waals surface area contributed by atoms with Crippen molar-refractivity contribution in [3.8, 4) is 5.75 Å². The van der Waals surface area contributed by atoms with Gasteiger partial charge in [0.2, 0.25) is 0 Å². The third-order valence-electron chi connectivity index (χ3n) is 7.80. The monoisotopic (exact) mass is 635 g/mol. The van der Waals surface area contributed by atoms with Crippen molar-refractivity contribution in [1.82, 2.24) is 15.1 Å². The smallest absolute Gasteiger partial charge is 0.320 e. The lowest BCUT2D eigenvalue weighted by molar-refractivity contribution is -0.137. The van der Waals surface area contributed by atoms with Gasteiger partial charge in [0, 0.05) is 55.3 Å². The highest BCUT2D eigenvalue weighted by Crippen LogP contribution is 2.30. The van der Waals surface area contributed by atoms with Gasteiger partial charge in [-0.3, -0.25) is 14.4 Å². The van der Waals surface area contributed by atoms with Gasteiger partial charge in [0.1, 0.15) is 5.75 Å². The average molecular weight is 636 g/mol. The zero-order valence-electron chi connectivity index (χ0n) is 25.1. The predicted octanol–water partition coefficient (Wildman–Crippen LogP) is 3.92.